The fraction of sp³-hybridized carbons (Fsp3) is 0.611. The number of halogens is 3. The Bertz CT molecular complexity index is 819. The van der Waals surface area contributed by atoms with Gasteiger partial charge in [-0.2, -0.15) is 24.9 Å². The molecule has 1 saturated carbocycles. The Morgan fingerprint density at radius 3 is 2.89 bits per heavy atom. The number of amides is 2. The van der Waals surface area contributed by atoms with Crippen LogP contribution in [0.25, 0.3) is 0 Å². The maximum Gasteiger partial charge on any atom is 0.417 e. The Labute approximate surface area is 163 Å². The van der Waals surface area contributed by atoms with Crippen LogP contribution in [0.4, 0.5) is 18.0 Å². The molecule has 6 nitrogen and oxygen atoms in total. The lowest BCUT2D eigenvalue weighted by molar-refractivity contribution is -0.142. The molecular weight excluding hydrogens is 395 g/mol. The van der Waals surface area contributed by atoms with Gasteiger partial charge in [0.05, 0.1) is 11.0 Å². The van der Waals surface area contributed by atoms with E-state index in [1.807, 2.05) is 0 Å². The van der Waals surface area contributed by atoms with Crippen LogP contribution in [0, 0.1) is 5.41 Å². The summed E-state index contributed by atoms with van der Waals surface area (Å²) in [5.41, 5.74) is -0.403. The second-order valence-corrected chi connectivity index (χ2v) is 8.97. The highest BCUT2D eigenvalue weighted by Crippen LogP contribution is 2.54. The SMILES string of the molecule is O=C(O)N[C@@H]1C[C@H]2SCC[C@@]2(C(=O)N2CCc3ncc(C(F)(F)F)cc3C2)C1. The number of carbonyl (C=O) groups excluding carboxylic acids is 1. The number of nitrogens with zero attached hydrogens (tertiary/aromatic N) is 2. The Morgan fingerprint density at radius 2 is 2.18 bits per heavy atom. The molecule has 2 amide bonds. The number of nitrogens with one attached hydrogen (secondary N) is 1. The molecule has 3 aliphatic rings. The molecule has 1 aromatic rings. The number of hydrogen-bond acceptors (Lipinski definition) is 4. The van der Waals surface area contributed by atoms with Crippen LogP contribution in [0.5, 0.6) is 0 Å². The molecule has 0 aromatic carbocycles. The Balaban J connectivity index is 1.55. The van der Waals surface area contributed by atoms with E-state index in [1.54, 1.807) is 16.7 Å². The van der Waals surface area contributed by atoms with Gasteiger partial charge in [-0.15, -0.1) is 0 Å². The van der Waals surface area contributed by atoms with Crippen LogP contribution in [-0.4, -0.2) is 50.6 Å². The third kappa shape index (κ3) is 3.31. The van der Waals surface area contributed by atoms with Gasteiger partial charge in [0.15, 0.2) is 0 Å². The standard InChI is InChI=1S/C18H20F3N3O3S/c19-18(20,21)11-5-10-9-24(3-1-13(10)22-8-11)15(25)17-2-4-28-14(17)6-12(7-17)23-16(26)27/h5,8,12,14,23H,1-4,6-7,9H2,(H,26,27)/t12-,14-,17-/m1/s1. The highest BCUT2D eigenvalue weighted by atomic mass is 32.2. The number of carboxylic acid groups (broad SMARTS) is 1. The zero-order valence-electron chi connectivity index (χ0n) is 15.0. The van der Waals surface area contributed by atoms with Gasteiger partial charge in [0.25, 0.3) is 0 Å². The smallest absolute Gasteiger partial charge is 0.417 e. The van der Waals surface area contributed by atoms with Crippen molar-refractivity contribution in [3.05, 3.63) is 29.1 Å². The molecule has 0 radical (unpaired) electrons. The minimum atomic E-state index is -4.47. The van der Waals surface area contributed by atoms with Crippen molar-refractivity contribution in [2.24, 2.45) is 5.41 Å². The number of carbonyl (C=O) groups is 2. The summed E-state index contributed by atoms with van der Waals surface area (Å²) in [5.74, 6) is 0.765. The minimum Gasteiger partial charge on any atom is -0.465 e. The van der Waals surface area contributed by atoms with Crippen LogP contribution in [0.2, 0.25) is 0 Å². The zero-order valence-corrected chi connectivity index (χ0v) is 15.8. The molecule has 3 atom stereocenters. The summed E-state index contributed by atoms with van der Waals surface area (Å²) in [7, 11) is 0. The van der Waals surface area contributed by atoms with E-state index in [1.165, 1.54) is 0 Å². The van der Waals surface area contributed by atoms with E-state index in [4.69, 9.17) is 5.11 Å². The molecule has 1 aliphatic carbocycles. The summed E-state index contributed by atoms with van der Waals surface area (Å²) in [5, 5.41) is 11.5. The van der Waals surface area contributed by atoms with Crippen LogP contribution >= 0.6 is 11.8 Å². The predicted molar refractivity (Wildman–Crippen MR) is 95.8 cm³/mol. The number of thioether (sulfide) groups is 1. The first-order valence-electron chi connectivity index (χ1n) is 9.14. The van der Waals surface area contributed by atoms with Gasteiger partial charge < -0.3 is 15.3 Å². The summed E-state index contributed by atoms with van der Waals surface area (Å²) < 4.78 is 39.0. The molecule has 2 N–H and O–H groups in total. The normalized spacial score (nSPS) is 29.3. The van der Waals surface area contributed by atoms with E-state index < -0.39 is 23.2 Å². The first-order chi connectivity index (χ1) is 13.2. The molecule has 3 heterocycles. The van der Waals surface area contributed by atoms with Crippen molar-refractivity contribution < 1.29 is 27.9 Å². The lowest BCUT2D eigenvalue weighted by atomic mass is 9.81. The molecule has 10 heteroatoms. The molecule has 28 heavy (non-hydrogen) atoms. The molecule has 4 rings (SSSR count). The van der Waals surface area contributed by atoms with Gasteiger partial charge >= 0.3 is 12.3 Å². The van der Waals surface area contributed by atoms with Crippen molar-refractivity contribution in [3.63, 3.8) is 0 Å². The number of aromatic nitrogens is 1. The van der Waals surface area contributed by atoms with Crippen LogP contribution < -0.4 is 5.32 Å². The Hall–Kier alpha value is -1.97. The summed E-state index contributed by atoms with van der Waals surface area (Å²) in [6, 6.07) is 0.818. The van der Waals surface area contributed by atoms with E-state index >= 15 is 0 Å². The average Bonchev–Trinajstić information content (AvgIpc) is 3.16. The van der Waals surface area contributed by atoms with Gasteiger partial charge in [-0.05, 0) is 36.6 Å². The minimum absolute atomic E-state index is 0.0397. The molecule has 0 unspecified atom stereocenters. The summed E-state index contributed by atoms with van der Waals surface area (Å²) in [6.45, 7) is 0.529. The summed E-state index contributed by atoms with van der Waals surface area (Å²) >= 11 is 1.68. The Kier molecular flexibility index (Phi) is 4.71. The molecule has 0 bridgehead atoms. The van der Waals surface area contributed by atoms with E-state index in [0.29, 0.717) is 43.5 Å². The van der Waals surface area contributed by atoms with Crippen molar-refractivity contribution in [2.45, 2.75) is 49.7 Å². The van der Waals surface area contributed by atoms with Crippen LogP contribution in [0.15, 0.2) is 12.3 Å². The third-order valence-electron chi connectivity index (χ3n) is 6.00. The number of alkyl halides is 3. The Morgan fingerprint density at radius 1 is 1.39 bits per heavy atom. The lowest BCUT2D eigenvalue weighted by Crippen LogP contribution is -2.48. The maximum absolute atomic E-state index is 13.4. The number of fused-ring (bicyclic) bond motifs is 2. The quantitative estimate of drug-likeness (QED) is 0.776. The second kappa shape index (κ2) is 6.82. The number of rotatable bonds is 2. The number of hydrogen-bond donors (Lipinski definition) is 2. The van der Waals surface area contributed by atoms with Gasteiger partial charge in [-0.1, -0.05) is 0 Å². The van der Waals surface area contributed by atoms with Gasteiger partial charge in [-0.25, -0.2) is 4.79 Å². The monoisotopic (exact) mass is 415 g/mol. The molecule has 1 saturated heterocycles. The second-order valence-electron chi connectivity index (χ2n) is 7.66. The average molecular weight is 415 g/mol. The molecular formula is C18H20F3N3O3S. The van der Waals surface area contributed by atoms with E-state index in [2.05, 4.69) is 10.3 Å². The van der Waals surface area contributed by atoms with Crippen LogP contribution in [0.3, 0.4) is 0 Å². The maximum atomic E-state index is 13.4. The van der Waals surface area contributed by atoms with Gasteiger partial charge in [0.2, 0.25) is 5.91 Å². The van der Waals surface area contributed by atoms with Crippen molar-refractivity contribution in [1.29, 1.82) is 0 Å². The first-order valence-corrected chi connectivity index (χ1v) is 10.2. The topological polar surface area (TPSA) is 82.5 Å². The highest BCUT2D eigenvalue weighted by molar-refractivity contribution is 8.00. The first kappa shape index (κ1) is 19.4. The van der Waals surface area contributed by atoms with E-state index in [-0.39, 0.29) is 23.7 Å². The van der Waals surface area contributed by atoms with Crippen molar-refractivity contribution >= 4 is 23.8 Å². The van der Waals surface area contributed by atoms with Crippen molar-refractivity contribution in [1.82, 2.24) is 15.2 Å². The summed E-state index contributed by atoms with van der Waals surface area (Å²) in [6.07, 6.45) is -2.59. The van der Waals surface area contributed by atoms with Crippen LogP contribution in [0.1, 0.15) is 36.1 Å². The molecule has 2 aliphatic heterocycles. The zero-order chi connectivity index (χ0) is 20.1. The summed E-state index contributed by atoms with van der Waals surface area (Å²) in [4.78, 5) is 30.0. The third-order valence-corrected chi connectivity index (χ3v) is 7.49. The molecule has 152 valence electrons. The van der Waals surface area contributed by atoms with Gasteiger partial charge in [0, 0.05) is 42.7 Å². The van der Waals surface area contributed by atoms with E-state index in [0.717, 1.165) is 18.0 Å². The number of pyridine rings is 1. The fourth-order valence-electron chi connectivity index (χ4n) is 4.70. The van der Waals surface area contributed by atoms with Crippen LogP contribution in [-0.2, 0) is 23.9 Å². The van der Waals surface area contributed by atoms with E-state index in [9.17, 15) is 22.8 Å². The van der Waals surface area contributed by atoms with Gasteiger partial charge in [0.1, 0.15) is 0 Å². The largest absolute Gasteiger partial charge is 0.465 e. The lowest BCUT2D eigenvalue weighted by Gasteiger charge is -2.37. The predicted octanol–water partition coefficient (Wildman–Crippen LogP) is 2.91. The van der Waals surface area contributed by atoms with Gasteiger partial charge in [-0.3, -0.25) is 9.78 Å². The highest BCUT2D eigenvalue weighted by Gasteiger charge is 2.57. The van der Waals surface area contributed by atoms with Crippen molar-refractivity contribution in [2.75, 3.05) is 12.3 Å². The fourth-order valence-corrected chi connectivity index (χ4v) is 6.47. The molecule has 2 fully saturated rings. The van der Waals surface area contributed by atoms with Crippen molar-refractivity contribution in [3.8, 4) is 0 Å². The molecule has 1 aromatic heterocycles. The molecule has 0 spiro atoms.